The molecular weight excluding hydrogens is 400 g/mol. The number of carbonyl (C=O) groups excluding carboxylic acids is 2. The lowest BCUT2D eigenvalue weighted by atomic mass is 10.1. The minimum Gasteiger partial charge on any atom is -0.494 e. The Labute approximate surface area is 176 Å². The minimum atomic E-state index is -0.764. The SMILES string of the molecule is CCOc1ccc2oc(C(=O)OCC(=O)Nc3c(C#N)oc4ccccc34)c(C)c2c1. The van der Waals surface area contributed by atoms with E-state index in [-0.39, 0.29) is 17.2 Å². The van der Waals surface area contributed by atoms with E-state index < -0.39 is 18.5 Å². The molecular formula is C23H18N2O6. The van der Waals surface area contributed by atoms with Crippen molar-refractivity contribution in [3.05, 3.63) is 59.5 Å². The molecule has 0 fully saturated rings. The molecule has 0 radical (unpaired) electrons. The second kappa shape index (κ2) is 8.24. The molecule has 1 N–H and O–H groups in total. The zero-order valence-electron chi connectivity index (χ0n) is 16.9. The third-order valence-electron chi connectivity index (χ3n) is 4.70. The number of ether oxygens (including phenoxy) is 2. The van der Waals surface area contributed by atoms with Gasteiger partial charge in [0.05, 0.1) is 6.61 Å². The van der Waals surface area contributed by atoms with Gasteiger partial charge in [-0.2, -0.15) is 5.26 Å². The Morgan fingerprint density at radius 2 is 1.87 bits per heavy atom. The molecule has 4 aromatic rings. The predicted octanol–water partition coefficient (Wildman–Crippen LogP) is 4.55. The third kappa shape index (κ3) is 3.81. The summed E-state index contributed by atoms with van der Waals surface area (Å²) < 4.78 is 21.6. The Hall–Kier alpha value is -4.25. The van der Waals surface area contributed by atoms with Gasteiger partial charge >= 0.3 is 5.97 Å². The first-order chi connectivity index (χ1) is 15.0. The summed E-state index contributed by atoms with van der Waals surface area (Å²) in [4.78, 5) is 24.8. The van der Waals surface area contributed by atoms with Gasteiger partial charge in [0, 0.05) is 16.3 Å². The lowest BCUT2D eigenvalue weighted by Crippen LogP contribution is -2.21. The van der Waals surface area contributed by atoms with Crippen molar-refractivity contribution in [2.24, 2.45) is 0 Å². The molecule has 0 saturated carbocycles. The van der Waals surface area contributed by atoms with Crippen molar-refractivity contribution in [2.75, 3.05) is 18.5 Å². The highest BCUT2D eigenvalue weighted by atomic mass is 16.5. The second-order valence-corrected chi connectivity index (χ2v) is 6.69. The average Bonchev–Trinajstić information content (AvgIpc) is 3.30. The number of fused-ring (bicyclic) bond motifs is 2. The molecule has 8 nitrogen and oxygen atoms in total. The van der Waals surface area contributed by atoms with Crippen LogP contribution < -0.4 is 10.1 Å². The van der Waals surface area contributed by atoms with E-state index in [1.807, 2.05) is 13.0 Å². The Balaban J connectivity index is 1.47. The lowest BCUT2D eigenvalue weighted by Gasteiger charge is -2.05. The molecule has 31 heavy (non-hydrogen) atoms. The molecule has 0 spiro atoms. The summed E-state index contributed by atoms with van der Waals surface area (Å²) in [5.74, 6) is -0.718. The molecule has 1 amide bonds. The molecule has 0 unspecified atom stereocenters. The van der Waals surface area contributed by atoms with Crippen molar-refractivity contribution in [2.45, 2.75) is 13.8 Å². The first kappa shape index (κ1) is 20.0. The molecule has 4 rings (SSSR count). The van der Waals surface area contributed by atoms with E-state index in [0.717, 1.165) is 5.39 Å². The van der Waals surface area contributed by atoms with Crippen LogP contribution in [0.3, 0.4) is 0 Å². The van der Waals surface area contributed by atoms with E-state index in [4.69, 9.17) is 18.3 Å². The van der Waals surface area contributed by atoms with Gasteiger partial charge in [-0.3, -0.25) is 4.79 Å². The van der Waals surface area contributed by atoms with Gasteiger partial charge in [0.1, 0.15) is 28.7 Å². The van der Waals surface area contributed by atoms with Crippen molar-refractivity contribution in [3.8, 4) is 11.8 Å². The van der Waals surface area contributed by atoms with E-state index in [9.17, 15) is 14.9 Å². The first-order valence-corrected chi connectivity index (χ1v) is 9.56. The molecule has 8 heteroatoms. The van der Waals surface area contributed by atoms with E-state index in [0.29, 0.717) is 34.5 Å². The average molecular weight is 418 g/mol. The Morgan fingerprint density at radius 3 is 2.65 bits per heavy atom. The van der Waals surface area contributed by atoms with Crippen LogP contribution in [-0.4, -0.2) is 25.1 Å². The molecule has 0 bridgehead atoms. The fraction of sp³-hybridized carbons (Fsp3) is 0.174. The number of para-hydroxylation sites is 1. The molecule has 0 atom stereocenters. The third-order valence-corrected chi connectivity index (χ3v) is 4.70. The number of anilines is 1. The Kier molecular flexibility index (Phi) is 5.33. The predicted molar refractivity (Wildman–Crippen MR) is 112 cm³/mol. The number of amides is 1. The van der Waals surface area contributed by atoms with Gasteiger partial charge in [0.2, 0.25) is 11.5 Å². The van der Waals surface area contributed by atoms with Crippen molar-refractivity contribution in [1.29, 1.82) is 5.26 Å². The highest BCUT2D eigenvalue weighted by Gasteiger charge is 2.22. The molecule has 2 aromatic carbocycles. The van der Waals surface area contributed by atoms with Gasteiger partial charge in [0.15, 0.2) is 6.61 Å². The summed E-state index contributed by atoms with van der Waals surface area (Å²) in [6.45, 7) is 3.58. The Bertz CT molecular complexity index is 1340. The summed E-state index contributed by atoms with van der Waals surface area (Å²) in [6, 6.07) is 14.1. The molecule has 0 aliphatic rings. The highest BCUT2D eigenvalue weighted by molar-refractivity contribution is 6.04. The van der Waals surface area contributed by atoms with Crippen LogP contribution >= 0.6 is 0 Å². The van der Waals surface area contributed by atoms with Crippen LogP contribution in [0.2, 0.25) is 0 Å². The maximum absolute atomic E-state index is 12.5. The maximum Gasteiger partial charge on any atom is 0.375 e. The van der Waals surface area contributed by atoms with Gasteiger partial charge in [-0.05, 0) is 44.2 Å². The topological polar surface area (TPSA) is 115 Å². The summed E-state index contributed by atoms with van der Waals surface area (Å²) in [5, 5.41) is 13.1. The number of carbonyl (C=O) groups is 2. The van der Waals surface area contributed by atoms with E-state index in [2.05, 4.69) is 5.32 Å². The molecule has 156 valence electrons. The van der Waals surface area contributed by atoms with Crippen LogP contribution in [0.4, 0.5) is 5.69 Å². The number of hydrogen-bond donors (Lipinski definition) is 1. The number of nitriles is 1. The monoisotopic (exact) mass is 418 g/mol. The van der Waals surface area contributed by atoms with Gasteiger partial charge in [-0.1, -0.05) is 12.1 Å². The first-order valence-electron chi connectivity index (χ1n) is 9.56. The maximum atomic E-state index is 12.5. The van der Waals surface area contributed by atoms with Crippen molar-refractivity contribution in [1.82, 2.24) is 0 Å². The number of benzene rings is 2. The van der Waals surface area contributed by atoms with Gasteiger partial charge in [-0.25, -0.2) is 4.79 Å². The minimum absolute atomic E-state index is 0.0166. The van der Waals surface area contributed by atoms with Gasteiger partial charge in [-0.15, -0.1) is 0 Å². The van der Waals surface area contributed by atoms with Crippen LogP contribution in [0.15, 0.2) is 51.3 Å². The fourth-order valence-corrected chi connectivity index (χ4v) is 3.27. The summed E-state index contributed by atoms with van der Waals surface area (Å²) >= 11 is 0. The van der Waals surface area contributed by atoms with E-state index in [1.54, 1.807) is 49.4 Å². The Morgan fingerprint density at radius 1 is 1.10 bits per heavy atom. The zero-order chi connectivity index (χ0) is 22.0. The van der Waals surface area contributed by atoms with Crippen LogP contribution in [-0.2, 0) is 9.53 Å². The largest absolute Gasteiger partial charge is 0.494 e. The molecule has 0 aliphatic carbocycles. The number of hydrogen-bond acceptors (Lipinski definition) is 7. The van der Waals surface area contributed by atoms with Crippen LogP contribution in [0.25, 0.3) is 21.9 Å². The summed E-state index contributed by atoms with van der Waals surface area (Å²) in [6.07, 6.45) is 0. The zero-order valence-corrected chi connectivity index (χ0v) is 16.9. The number of nitrogens with zero attached hydrogens (tertiary/aromatic N) is 1. The van der Waals surface area contributed by atoms with E-state index >= 15 is 0 Å². The molecule has 2 aromatic heterocycles. The van der Waals surface area contributed by atoms with Gasteiger partial charge in [0.25, 0.3) is 5.91 Å². The van der Waals surface area contributed by atoms with Crippen LogP contribution in [0.1, 0.15) is 28.8 Å². The fourth-order valence-electron chi connectivity index (χ4n) is 3.27. The van der Waals surface area contributed by atoms with Crippen molar-refractivity contribution >= 4 is 39.5 Å². The van der Waals surface area contributed by atoms with E-state index in [1.165, 1.54) is 0 Å². The van der Waals surface area contributed by atoms with Crippen molar-refractivity contribution in [3.63, 3.8) is 0 Å². The molecule has 0 saturated heterocycles. The lowest BCUT2D eigenvalue weighted by molar-refractivity contribution is -0.119. The number of aryl methyl sites for hydroxylation is 1. The van der Waals surface area contributed by atoms with Gasteiger partial charge < -0.3 is 23.6 Å². The normalized spacial score (nSPS) is 10.7. The molecule has 2 heterocycles. The van der Waals surface area contributed by atoms with Crippen molar-refractivity contribution < 1.29 is 27.9 Å². The molecule has 0 aliphatic heterocycles. The summed E-state index contributed by atoms with van der Waals surface area (Å²) in [7, 11) is 0. The second-order valence-electron chi connectivity index (χ2n) is 6.69. The smallest absolute Gasteiger partial charge is 0.375 e. The number of rotatable bonds is 6. The standard InChI is InChI=1S/C23H18N2O6/c1-3-28-14-8-9-18-16(10-14)13(2)22(31-18)23(27)29-12-20(26)25-21-15-6-4-5-7-17(15)30-19(21)11-24/h4-10H,3,12H2,1-2H3,(H,25,26). The van der Waals surface area contributed by atoms with Crippen LogP contribution in [0, 0.1) is 18.3 Å². The van der Waals surface area contributed by atoms with Crippen LogP contribution in [0.5, 0.6) is 5.75 Å². The number of furan rings is 2. The highest BCUT2D eigenvalue weighted by Crippen LogP contribution is 2.31. The quantitative estimate of drug-likeness (QED) is 0.457. The summed E-state index contributed by atoms with van der Waals surface area (Å²) in [5.41, 5.74) is 1.81. The number of nitrogens with one attached hydrogen (secondary N) is 1. The number of esters is 1.